The predicted octanol–water partition coefficient (Wildman–Crippen LogP) is 0.823. The number of hydrogen-bond donors (Lipinski definition) is 0. The molecule has 0 aromatic rings. The molecule has 0 rings (SSSR count). The Morgan fingerprint density at radius 3 is 1.71 bits per heavy atom. The van der Waals surface area contributed by atoms with E-state index in [1.807, 2.05) is 0 Å². The van der Waals surface area contributed by atoms with Crippen molar-refractivity contribution < 1.29 is 28.6 Å². The Bertz CT molecular complexity index is 286. The molecule has 0 aliphatic carbocycles. The van der Waals surface area contributed by atoms with Crippen LogP contribution in [0.3, 0.4) is 0 Å². The van der Waals surface area contributed by atoms with Crippen LogP contribution in [0.2, 0.25) is 0 Å². The molecule has 6 heteroatoms. The normalized spacial score (nSPS) is 13.4. The van der Waals surface area contributed by atoms with Crippen LogP contribution in [-0.2, 0) is 28.6 Å². The second-order valence-corrected chi connectivity index (χ2v) is 3.51. The molecule has 0 radical (unpaired) electrons. The minimum Gasteiger partial charge on any atom is -0.462 e. The van der Waals surface area contributed by atoms with Crippen LogP contribution in [0, 0.1) is 0 Å². The van der Waals surface area contributed by atoms with Crippen LogP contribution in [0.1, 0.15) is 34.1 Å². The highest BCUT2D eigenvalue weighted by Gasteiger charge is 2.26. The summed E-state index contributed by atoms with van der Waals surface area (Å²) in [6.07, 6.45) is -0.931. The van der Waals surface area contributed by atoms with Gasteiger partial charge in [-0.05, 0) is 6.42 Å². The Morgan fingerprint density at radius 2 is 1.35 bits per heavy atom. The first kappa shape index (κ1) is 15.4. The Balaban J connectivity index is 4.54. The first-order valence-electron chi connectivity index (χ1n) is 5.34. The number of rotatable bonds is 6. The van der Waals surface area contributed by atoms with E-state index in [-0.39, 0.29) is 6.61 Å². The van der Waals surface area contributed by atoms with Crippen molar-refractivity contribution in [2.45, 2.75) is 46.3 Å². The third-order valence-corrected chi connectivity index (χ3v) is 1.90. The van der Waals surface area contributed by atoms with Gasteiger partial charge < -0.3 is 14.2 Å². The third kappa shape index (κ3) is 7.32. The molecule has 0 amide bonds. The molecule has 0 saturated heterocycles. The molecule has 17 heavy (non-hydrogen) atoms. The van der Waals surface area contributed by atoms with E-state index in [4.69, 9.17) is 14.2 Å². The molecule has 2 atom stereocenters. The maximum absolute atomic E-state index is 10.9. The molecule has 6 nitrogen and oxygen atoms in total. The van der Waals surface area contributed by atoms with Crippen LogP contribution in [-0.4, -0.2) is 36.7 Å². The molecule has 0 saturated carbocycles. The summed E-state index contributed by atoms with van der Waals surface area (Å²) in [7, 11) is 0. The van der Waals surface area contributed by atoms with Gasteiger partial charge in [0.25, 0.3) is 0 Å². The van der Waals surface area contributed by atoms with Gasteiger partial charge in [0.2, 0.25) is 0 Å². The van der Waals surface area contributed by atoms with Gasteiger partial charge in [-0.25, -0.2) is 0 Å². The van der Waals surface area contributed by atoms with Gasteiger partial charge in [-0.15, -0.1) is 0 Å². The van der Waals surface area contributed by atoms with Gasteiger partial charge in [0.05, 0.1) is 0 Å². The van der Waals surface area contributed by atoms with Crippen LogP contribution in [0.5, 0.6) is 0 Å². The van der Waals surface area contributed by atoms with Crippen molar-refractivity contribution >= 4 is 17.9 Å². The van der Waals surface area contributed by atoms with Crippen LogP contribution in [0.25, 0.3) is 0 Å². The van der Waals surface area contributed by atoms with Crippen molar-refractivity contribution in [1.82, 2.24) is 0 Å². The van der Waals surface area contributed by atoms with Crippen molar-refractivity contribution in [2.75, 3.05) is 6.61 Å². The molecule has 2 unspecified atom stereocenters. The summed E-state index contributed by atoms with van der Waals surface area (Å²) in [6.45, 7) is 5.40. The fourth-order valence-electron chi connectivity index (χ4n) is 1.27. The molecule has 0 aromatic heterocycles. The van der Waals surface area contributed by atoms with Gasteiger partial charge in [-0.2, -0.15) is 0 Å². The van der Waals surface area contributed by atoms with Crippen molar-refractivity contribution in [3.8, 4) is 0 Å². The summed E-state index contributed by atoms with van der Waals surface area (Å²) in [5, 5.41) is 0. The van der Waals surface area contributed by atoms with Crippen molar-refractivity contribution in [2.24, 2.45) is 0 Å². The van der Waals surface area contributed by atoms with Gasteiger partial charge in [-0.1, -0.05) is 6.92 Å². The van der Waals surface area contributed by atoms with Gasteiger partial charge in [0.15, 0.2) is 6.10 Å². The zero-order valence-corrected chi connectivity index (χ0v) is 10.5. The molecule has 98 valence electrons. The average Bonchev–Trinajstić information content (AvgIpc) is 2.20. The lowest BCUT2D eigenvalue weighted by molar-refractivity contribution is -0.173. The van der Waals surface area contributed by atoms with E-state index in [1.165, 1.54) is 20.8 Å². The highest BCUT2D eigenvalue weighted by molar-refractivity contribution is 5.68. The van der Waals surface area contributed by atoms with Crippen LogP contribution >= 0.6 is 0 Å². The summed E-state index contributed by atoms with van der Waals surface area (Å²) in [4.78, 5) is 32.5. The lowest BCUT2D eigenvalue weighted by Crippen LogP contribution is -2.38. The molecule has 0 bridgehead atoms. The number of esters is 3. The summed E-state index contributed by atoms with van der Waals surface area (Å²) >= 11 is 0. The second kappa shape index (κ2) is 7.65. The number of carbonyl (C=O) groups is 3. The molecule has 0 fully saturated rings. The summed E-state index contributed by atoms with van der Waals surface area (Å²) in [5.74, 6) is -1.48. The number of ether oxygens (including phenoxy) is 3. The van der Waals surface area contributed by atoms with Crippen LogP contribution < -0.4 is 0 Å². The summed E-state index contributed by atoms with van der Waals surface area (Å²) < 4.78 is 14.7. The number of hydrogen-bond acceptors (Lipinski definition) is 6. The summed E-state index contributed by atoms with van der Waals surface area (Å²) in [6, 6.07) is 0. The molecule has 0 heterocycles. The average molecular weight is 246 g/mol. The lowest BCUT2D eigenvalue weighted by Gasteiger charge is -2.24. The van der Waals surface area contributed by atoms with E-state index < -0.39 is 30.1 Å². The van der Waals surface area contributed by atoms with E-state index in [9.17, 15) is 14.4 Å². The zero-order chi connectivity index (χ0) is 13.4. The molecule has 0 spiro atoms. The van der Waals surface area contributed by atoms with Gasteiger partial charge in [-0.3, -0.25) is 14.4 Å². The monoisotopic (exact) mass is 246 g/mol. The van der Waals surface area contributed by atoms with E-state index in [0.29, 0.717) is 6.42 Å². The SMILES string of the molecule is CCC(OC(C)=O)C(COC(C)=O)OC(C)=O. The third-order valence-electron chi connectivity index (χ3n) is 1.90. The quantitative estimate of drug-likeness (QED) is 0.510. The standard InChI is InChI=1S/C11H18O6/c1-5-10(16-8(3)13)11(17-9(4)14)6-15-7(2)12/h10-11H,5-6H2,1-4H3. The minimum absolute atomic E-state index is 0.124. The van der Waals surface area contributed by atoms with Gasteiger partial charge >= 0.3 is 17.9 Å². The van der Waals surface area contributed by atoms with Crippen LogP contribution in [0.15, 0.2) is 0 Å². The maximum atomic E-state index is 10.9. The molecule has 0 aromatic carbocycles. The lowest BCUT2D eigenvalue weighted by atomic mass is 10.1. The van der Waals surface area contributed by atoms with Crippen molar-refractivity contribution in [3.63, 3.8) is 0 Å². The van der Waals surface area contributed by atoms with E-state index in [2.05, 4.69) is 0 Å². The second-order valence-electron chi connectivity index (χ2n) is 3.51. The van der Waals surface area contributed by atoms with Crippen molar-refractivity contribution in [3.05, 3.63) is 0 Å². The van der Waals surface area contributed by atoms with Gasteiger partial charge in [0.1, 0.15) is 12.7 Å². The fraction of sp³-hybridized carbons (Fsp3) is 0.727. The van der Waals surface area contributed by atoms with Crippen molar-refractivity contribution in [1.29, 1.82) is 0 Å². The molecule has 0 N–H and O–H groups in total. The number of carbonyl (C=O) groups excluding carboxylic acids is 3. The topological polar surface area (TPSA) is 78.9 Å². The Kier molecular flexibility index (Phi) is 6.93. The molecule has 0 aliphatic heterocycles. The highest BCUT2D eigenvalue weighted by atomic mass is 16.6. The highest BCUT2D eigenvalue weighted by Crippen LogP contribution is 2.10. The molecule has 0 aliphatic rings. The summed E-state index contributed by atoms with van der Waals surface area (Å²) in [5.41, 5.74) is 0. The largest absolute Gasteiger partial charge is 0.462 e. The molecular weight excluding hydrogens is 228 g/mol. The zero-order valence-electron chi connectivity index (χ0n) is 10.5. The first-order chi connectivity index (χ1) is 7.86. The first-order valence-corrected chi connectivity index (χ1v) is 5.34. The molecular formula is C11H18O6. The van der Waals surface area contributed by atoms with E-state index >= 15 is 0 Å². The predicted molar refractivity (Wildman–Crippen MR) is 58.0 cm³/mol. The van der Waals surface area contributed by atoms with E-state index in [1.54, 1.807) is 6.92 Å². The van der Waals surface area contributed by atoms with Gasteiger partial charge in [0, 0.05) is 20.8 Å². The fourth-order valence-corrected chi connectivity index (χ4v) is 1.27. The Labute approximate surface area is 100 Å². The van der Waals surface area contributed by atoms with Crippen LogP contribution in [0.4, 0.5) is 0 Å². The Hall–Kier alpha value is -1.59. The Morgan fingerprint density at radius 1 is 0.882 bits per heavy atom. The van der Waals surface area contributed by atoms with E-state index in [0.717, 1.165) is 0 Å². The smallest absolute Gasteiger partial charge is 0.303 e. The minimum atomic E-state index is -0.773. The maximum Gasteiger partial charge on any atom is 0.303 e.